The molecule has 1 amide bonds. The average molecular weight is 329 g/mol. The van der Waals surface area contributed by atoms with Crippen LogP contribution in [-0.2, 0) is 4.79 Å². The van der Waals surface area contributed by atoms with Gasteiger partial charge >= 0.3 is 0 Å². The molecule has 0 aliphatic carbocycles. The predicted molar refractivity (Wildman–Crippen MR) is 91.3 cm³/mol. The number of rotatable bonds is 5. The van der Waals surface area contributed by atoms with Crippen molar-refractivity contribution in [3.8, 4) is 0 Å². The van der Waals surface area contributed by atoms with Crippen molar-refractivity contribution in [1.82, 2.24) is 10.1 Å². The predicted octanol–water partition coefficient (Wildman–Crippen LogP) is 2.63. The molecular weight excluding hydrogens is 310 g/mol. The summed E-state index contributed by atoms with van der Waals surface area (Å²) in [5, 5.41) is 9.53. The van der Waals surface area contributed by atoms with Crippen LogP contribution in [0.1, 0.15) is 12.6 Å². The fraction of sp³-hybridized carbons (Fsp3) is 0.312. The summed E-state index contributed by atoms with van der Waals surface area (Å²) >= 11 is 0. The van der Waals surface area contributed by atoms with Crippen molar-refractivity contribution in [2.24, 2.45) is 0 Å². The molecule has 2 aromatic heterocycles. The highest BCUT2D eigenvalue weighted by Crippen LogP contribution is 2.24. The minimum Gasteiger partial charge on any atom is -0.423 e. The Balaban J connectivity index is 1.70. The van der Waals surface area contributed by atoms with E-state index in [9.17, 15) is 4.79 Å². The quantitative estimate of drug-likeness (QED) is 0.742. The number of aromatic nitrogens is 2. The number of amides is 1. The summed E-state index contributed by atoms with van der Waals surface area (Å²) in [6, 6.07) is 7.24. The first-order chi connectivity index (χ1) is 11.4. The van der Waals surface area contributed by atoms with Gasteiger partial charge in [0.25, 0.3) is 6.01 Å². The van der Waals surface area contributed by atoms with Crippen molar-refractivity contribution in [3.05, 3.63) is 30.0 Å². The van der Waals surface area contributed by atoms with Crippen LogP contribution in [0.25, 0.3) is 11.1 Å². The van der Waals surface area contributed by atoms with Crippen molar-refractivity contribution >= 4 is 34.6 Å². The van der Waals surface area contributed by atoms with Crippen molar-refractivity contribution in [2.75, 3.05) is 29.6 Å². The monoisotopic (exact) mass is 329 g/mol. The van der Waals surface area contributed by atoms with Gasteiger partial charge in [-0.05, 0) is 32.0 Å². The molecule has 0 fully saturated rings. The third-order valence-corrected chi connectivity index (χ3v) is 3.41. The molecule has 0 spiro atoms. The largest absolute Gasteiger partial charge is 0.423 e. The van der Waals surface area contributed by atoms with Gasteiger partial charge in [0.2, 0.25) is 11.8 Å². The topological polar surface area (TPSA) is 96.4 Å². The number of hydrogen-bond acceptors (Lipinski definition) is 7. The van der Waals surface area contributed by atoms with E-state index in [4.69, 9.17) is 8.94 Å². The van der Waals surface area contributed by atoms with E-state index in [1.165, 1.54) is 0 Å². The number of hydrogen-bond donors (Lipinski definition) is 2. The molecule has 2 heterocycles. The molecule has 2 N–H and O–H groups in total. The molecule has 8 nitrogen and oxygen atoms in total. The van der Waals surface area contributed by atoms with Gasteiger partial charge in [0.05, 0.1) is 5.69 Å². The highest BCUT2D eigenvalue weighted by atomic mass is 16.5. The third-order valence-electron chi connectivity index (χ3n) is 3.41. The number of nitrogens with zero attached hydrogens (tertiary/aromatic N) is 3. The lowest BCUT2D eigenvalue weighted by molar-refractivity contribution is -0.116. The van der Waals surface area contributed by atoms with Gasteiger partial charge in [-0.25, -0.2) is 0 Å². The molecule has 0 saturated heterocycles. The van der Waals surface area contributed by atoms with Crippen LogP contribution in [0, 0.1) is 6.92 Å². The van der Waals surface area contributed by atoms with E-state index in [2.05, 4.69) is 20.8 Å². The lowest BCUT2D eigenvalue weighted by Gasteiger charge is -2.13. The second-order valence-electron chi connectivity index (χ2n) is 5.76. The standard InChI is InChI=1S/C16H19N5O3/c1-9-7-14(24-20-9)19-15(22)10(2)17-11-5-6-13-12(8-11)18-16(23-13)21(3)4/h5-8,10,17H,1-4H3,(H,19,22)/t10-/m1/s1. The van der Waals surface area contributed by atoms with E-state index >= 15 is 0 Å². The first-order valence-corrected chi connectivity index (χ1v) is 7.51. The number of carbonyl (C=O) groups excluding carboxylic acids is 1. The Morgan fingerprint density at radius 1 is 1.29 bits per heavy atom. The Bertz CT molecular complexity index is 868. The smallest absolute Gasteiger partial charge is 0.297 e. The van der Waals surface area contributed by atoms with Gasteiger partial charge in [0, 0.05) is 25.8 Å². The molecule has 0 aliphatic heterocycles. The second kappa shape index (κ2) is 6.23. The number of anilines is 3. The summed E-state index contributed by atoms with van der Waals surface area (Å²) in [5.74, 6) is 0.106. The van der Waals surface area contributed by atoms with Gasteiger partial charge in [-0.3, -0.25) is 10.1 Å². The van der Waals surface area contributed by atoms with E-state index in [-0.39, 0.29) is 5.91 Å². The zero-order chi connectivity index (χ0) is 17.3. The molecule has 24 heavy (non-hydrogen) atoms. The van der Waals surface area contributed by atoms with Crippen molar-refractivity contribution in [3.63, 3.8) is 0 Å². The molecule has 0 radical (unpaired) electrons. The van der Waals surface area contributed by atoms with E-state index in [0.29, 0.717) is 23.2 Å². The van der Waals surface area contributed by atoms with Crippen molar-refractivity contribution in [2.45, 2.75) is 19.9 Å². The van der Waals surface area contributed by atoms with E-state index in [1.54, 1.807) is 24.8 Å². The summed E-state index contributed by atoms with van der Waals surface area (Å²) < 4.78 is 10.6. The molecule has 0 bridgehead atoms. The van der Waals surface area contributed by atoms with Gasteiger partial charge < -0.3 is 19.2 Å². The first kappa shape index (κ1) is 15.9. The molecule has 126 valence electrons. The Morgan fingerprint density at radius 3 is 2.75 bits per heavy atom. The van der Waals surface area contributed by atoms with E-state index < -0.39 is 6.04 Å². The molecule has 3 rings (SSSR count). The molecule has 3 aromatic rings. The van der Waals surface area contributed by atoms with Crippen LogP contribution >= 0.6 is 0 Å². The molecule has 0 saturated carbocycles. The van der Waals surface area contributed by atoms with Gasteiger partial charge in [-0.1, -0.05) is 5.16 Å². The lowest BCUT2D eigenvalue weighted by Crippen LogP contribution is -2.31. The zero-order valence-electron chi connectivity index (χ0n) is 14.0. The van der Waals surface area contributed by atoms with Gasteiger partial charge in [-0.15, -0.1) is 0 Å². The van der Waals surface area contributed by atoms with Crippen LogP contribution in [0.2, 0.25) is 0 Å². The normalized spacial score (nSPS) is 12.2. The molecule has 0 aliphatic rings. The number of carbonyl (C=O) groups is 1. The number of benzene rings is 1. The Kier molecular flexibility index (Phi) is 4.11. The maximum Gasteiger partial charge on any atom is 0.297 e. The molecule has 1 aromatic carbocycles. The number of nitrogens with one attached hydrogen (secondary N) is 2. The number of oxazole rings is 1. The highest BCUT2D eigenvalue weighted by molar-refractivity contribution is 5.95. The maximum absolute atomic E-state index is 12.2. The Labute approximate surface area is 138 Å². The lowest BCUT2D eigenvalue weighted by atomic mass is 10.2. The van der Waals surface area contributed by atoms with E-state index in [0.717, 1.165) is 11.2 Å². The molecular formula is C16H19N5O3. The summed E-state index contributed by atoms with van der Waals surface area (Å²) in [6.45, 7) is 3.55. The summed E-state index contributed by atoms with van der Waals surface area (Å²) in [6.07, 6.45) is 0. The first-order valence-electron chi connectivity index (χ1n) is 7.51. The summed E-state index contributed by atoms with van der Waals surface area (Å²) in [4.78, 5) is 18.4. The van der Waals surface area contributed by atoms with Crippen LogP contribution in [0.4, 0.5) is 17.6 Å². The van der Waals surface area contributed by atoms with Crippen LogP contribution in [0.3, 0.4) is 0 Å². The van der Waals surface area contributed by atoms with Crippen LogP contribution in [-0.4, -0.2) is 36.2 Å². The summed E-state index contributed by atoms with van der Waals surface area (Å²) in [7, 11) is 3.73. The highest BCUT2D eigenvalue weighted by Gasteiger charge is 2.16. The Hall–Kier alpha value is -3.03. The molecule has 8 heteroatoms. The van der Waals surface area contributed by atoms with Crippen molar-refractivity contribution < 1.29 is 13.7 Å². The van der Waals surface area contributed by atoms with Gasteiger partial charge in [0.15, 0.2) is 5.58 Å². The van der Waals surface area contributed by atoms with Crippen LogP contribution in [0.15, 0.2) is 33.2 Å². The fourth-order valence-corrected chi connectivity index (χ4v) is 2.16. The fourth-order valence-electron chi connectivity index (χ4n) is 2.16. The minimum atomic E-state index is -0.465. The number of aryl methyl sites for hydroxylation is 1. The molecule has 0 unspecified atom stereocenters. The zero-order valence-corrected chi connectivity index (χ0v) is 14.0. The van der Waals surface area contributed by atoms with Crippen LogP contribution in [0.5, 0.6) is 0 Å². The van der Waals surface area contributed by atoms with Gasteiger partial charge in [0.1, 0.15) is 11.6 Å². The minimum absolute atomic E-state index is 0.222. The molecule has 1 atom stereocenters. The average Bonchev–Trinajstić information content (AvgIpc) is 3.12. The second-order valence-corrected chi connectivity index (χ2v) is 5.76. The third kappa shape index (κ3) is 3.32. The maximum atomic E-state index is 12.2. The Morgan fingerprint density at radius 2 is 2.08 bits per heavy atom. The van der Waals surface area contributed by atoms with E-state index in [1.807, 2.05) is 32.3 Å². The summed E-state index contributed by atoms with van der Waals surface area (Å²) in [5.41, 5.74) is 2.90. The number of fused-ring (bicyclic) bond motifs is 1. The van der Waals surface area contributed by atoms with Crippen molar-refractivity contribution in [1.29, 1.82) is 0 Å². The van der Waals surface area contributed by atoms with Gasteiger partial charge in [-0.2, -0.15) is 4.98 Å². The SMILES string of the molecule is Cc1cc(NC(=O)[C@@H](C)Nc2ccc3oc(N(C)C)nc3c2)on1. The van der Waals surface area contributed by atoms with Crippen LogP contribution < -0.4 is 15.5 Å².